The second kappa shape index (κ2) is 4.44. The molecule has 1 saturated heterocycles. The monoisotopic (exact) mass is 246 g/mol. The summed E-state index contributed by atoms with van der Waals surface area (Å²) in [7, 11) is 0. The number of benzene rings is 1. The smallest absolute Gasteiger partial charge is 0.328 e. The Morgan fingerprint density at radius 2 is 2.11 bits per heavy atom. The van der Waals surface area contributed by atoms with Crippen LogP contribution in [0, 0.1) is 12.3 Å². The molecule has 0 bridgehead atoms. The molecule has 1 aromatic rings. The van der Waals surface area contributed by atoms with Gasteiger partial charge in [-0.25, -0.2) is 9.69 Å². The van der Waals surface area contributed by atoms with Gasteiger partial charge in [0.2, 0.25) is 5.91 Å². The summed E-state index contributed by atoms with van der Waals surface area (Å²) in [6.45, 7) is 6.19. The van der Waals surface area contributed by atoms with E-state index in [9.17, 15) is 9.59 Å². The number of hydrogen-bond acceptors (Lipinski definition) is 2. The molecule has 0 spiro atoms. The summed E-state index contributed by atoms with van der Waals surface area (Å²) in [5.41, 5.74) is 1.14. The molecular formula is C14H18N2O2. The lowest BCUT2D eigenvalue weighted by atomic mass is 9.84. The Labute approximate surface area is 107 Å². The second-order valence-electron chi connectivity index (χ2n) is 5.05. The summed E-state index contributed by atoms with van der Waals surface area (Å²) in [5.74, 6) is -0.126. The van der Waals surface area contributed by atoms with Gasteiger partial charge in [-0.3, -0.25) is 4.79 Å². The lowest BCUT2D eigenvalue weighted by molar-refractivity contribution is -0.127. The van der Waals surface area contributed by atoms with Crippen molar-refractivity contribution in [1.29, 1.82) is 0 Å². The molecule has 1 heterocycles. The van der Waals surface area contributed by atoms with E-state index in [0.717, 1.165) is 5.56 Å². The maximum atomic E-state index is 12.5. The minimum Gasteiger partial charge on any atom is -0.336 e. The van der Waals surface area contributed by atoms with Gasteiger partial charge in [0.15, 0.2) is 0 Å². The SMILES string of the molecule is CCC1(C)CNC(=O)N(c2cccc(C)c2)C1=O. The van der Waals surface area contributed by atoms with Gasteiger partial charge in [0, 0.05) is 6.54 Å². The summed E-state index contributed by atoms with van der Waals surface area (Å²) in [4.78, 5) is 25.6. The van der Waals surface area contributed by atoms with Crippen LogP contribution in [-0.4, -0.2) is 18.5 Å². The van der Waals surface area contributed by atoms with Gasteiger partial charge >= 0.3 is 6.03 Å². The van der Waals surface area contributed by atoms with Crippen LogP contribution >= 0.6 is 0 Å². The second-order valence-corrected chi connectivity index (χ2v) is 5.05. The van der Waals surface area contributed by atoms with Crippen molar-refractivity contribution >= 4 is 17.6 Å². The molecule has 0 saturated carbocycles. The normalized spacial score (nSPS) is 24.1. The Morgan fingerprint density at radius 1 is 1.39 bits per heavy atom. The van der Waals surface area contributed by atoms with Crippen molar-refractivity contribution in [3.8, 4) is 0 Å². The molecule has 1 aromatic carbocycles. The third-order valence-electron chi connectivity index (χ3n) is 3.59. The molecule has 1 aliphatic heterocycles. The predicted molar refractivity (Wildman–Crippen MR) is 70.5 cm³/mol. The first-order valence-corrected chi connectivity index (χ1v) is 6.17. The number of carbonyl (C=O) groups excluding carboxylic acids is 2. The van der Waals surface area contributed by atoms with E-state index in [0.29, 0.717) is 18.7 Å². The van der Waals surface area contributed by atoms with Crippen LogP contribution in [0.15, 0.2) is 24.3 Å². The fourth-order valence-electron chi connectivity index (χ4n) is 2.07. The molecule has 96 valence electrons. The van der Waals surface area contributed by atoms with Crippen LogP contribution < -0.4 is 10.2 Å². The van der Waals surface area contributed by atoms with E-state index in [1.54, 1.807) is 6.07 Å². The zero-order chi connectivity index (χ0) is 13.3. The van der Waals surface area contributed by atoms with Gasteiger partial charge in [-0.2, -0.15) is 0 Å². The van der Waals surface area contributed by atoms with E-state index >= 15 is 0 Å². The molecule has 18 heavy (non-hydrogen) atoms. The van der Waals surface area contributed by atoms with Crippen molar-refractivity contribution in [3.63, 3.8) is 0 Å². The molecule has 3 amide bonds. The highest BCUT2D eigenvalue weighted by Gasteiger charge is 2.43. The topological polar surface area (TPSA) is 49.4 Å². The molecule has 1 fully saturated rings. The van der Waals surface area contributed by atoms with Crippen LogP contribution in [0.5, 0.6) is 0 Å². The highest BCUT2D eigenvalue weighted by Crippen LogP contribution is 2.30. The number of urea groups is 1. The maximum absolute atomic E-state index is 12.5. The van der Waals surface area contributed by atoms with Crippen molar-refractivity contribution in [2.75, 3.05) is 11.4 Å². The average molecular weight is 246 g/mol. The van der Waals surface area contributed by atoms with Gasteiger partial charge in [0.05, 0.1) is 11.1 Å². The lowest BCUT2D eigenvalue weighted by Gasteiger charge is -2.38. The molecule has 0 aromatic heterocycles. The largest absolute Gasteiger partial charge is 0.336 e. The number of nitrogens with zero attached hydrogens (tertiary/aromatic N) is 1. The number of amides is 3. The van der Waals surface area contributed by atoms with Crippen molar-refractivity contribution in [2.45, 2.75) is 27.2 Å². The molecular weight excluding hydrogens is 228 g/mol. The average Bonchev–Trinajstić information content (AvgIpc) is 2.35. The number of hydrogen-bond donors (Lipinski definition) is 1. The van der Waals surface area contributed by atoms with Crippen LogP contribution in [0.4, 0.5) is 10.5 Å². The first-order chi connectivity index (χ1) is 8.48. The molecule has 0 radical (unpaired) electrons. The fraction of sp³-hybridized carbons (Fsp3) is 0.429. The molecule has 1 atom stereocenters. The van der Waals surface area contributed by atoms with Crippen molar-refractivity contribution in [2.24, 2.45) is 5.41 Å². The third kappa shape index (κ3) is 1.98. The van der Waals surface area contributed by atoms with Gasteiger partial charge in [0.1, 0.15) is 0 Å². The van der Waals surface area contributed by atoms with E-state index < -0.39 is 5.41 Å². The maximum Gasteiger partial charge on any atom is 0.328 e. The Morgan fingerprint density at radius 3 is 2.72 bits per heavy atom. The Hall–Kier alpha value is -1.84. The van der Waals surface area contributed by atoms with Crippen LogP contribution in [0.2, 0.25) is 0 Å². The first-order valence-electron chi connectivity index (χ1n) is 6.17. The quantitative estimate of drug-likeness (QED) is 0.871. The molecule has 1 unspecified atom stereocenters. The minimum atomic E-state index is -0.516. The molecule has 1 aliphatic rings. The van der Waals surface area contributed by atoms with Crippen molar-refractivity contribution in [1.82, 2.24) is 5.32 Å². The van der Waals surface area contributed by atoms with Crippen molar-refractivity contribution in [3.05, 3.63) is 29.8 Å². The van der Waals surface area contributed by atoms with Gasteiger partial charge in [-0.05, 0) is 38.0 Å². The summed E-state index contributed by atoms with van der Waals surface area (Å²) in [6, 6.07) is 7.08. The number of anilines is 1. The van der Waals surface area contributed by atoms with E-state index in [4.69, 9.17) is 0 Å². The molecule has 1 N–H and O–H groups in total. The summed E-state index contributed by atoms with van der Waals surface area (Å²) < 4.78 is 0. The Kier molecular flexibility index (Phi) is 3.11. The molecule has 0 aliphatic carbocycles. The van der Waals surface area contributed by atoms with Gasteiger partial charge in [0.25, 0.3) is 0 Å². The van der Waals surface area contributed by atoms with Crippen LogP contribution in [-0.2, 0) is 4.79 Å². The van der Waals surface area contributed by atoms with Gasteiger partial charge < -0.3 is 5.32 Å². The zero-order valence-electron chi connectivity index (χ0n) is 11.0. The van der Waals surface area contributed by atoms with Crippen LogP contribution in [0.25, 0.3) is 0 Å². The van der Waals surface area contributed by atoms with Crippen LogP contribution in [0.1, 0.15) is 25.8 Å². The lowest BCUT2D eigenvalue weighted by Crippen LogP contribution is -2.59. The Bertz CT molecular complexity index is 498. The van der Waals surface area contributed by atoms with E-state index in [1.165, 1.54) is 4.90 Å². The van der Waals surface area contributed by atoms with E-state index in [2.05, 4.69) is 5.32 Å². The highest BCUT2D eigenvalue weighted by molar-refractivity contribution is 6.17. The molecule has 4 nitrogen and oxygen atoms in total. The van der Waals surface area contributed by atoms with Crippen molar-refractivity contribution < 1.29 is 9.59 Å². The summed E-state index contributed by atoms with van der Waals surface area (Å²) in [6.07, 6.45) is 0.703. The molecule has 4 heteroatoms. The zero-order valence-corrected chi connectivity index (χ0v) is 11.0. The number of carbonyl (C=O) groups is 2. The minimum absolute atomic E-state index is 0.126. The van der Waals surface area contributed by atoms with Gasteiger partial charge in [-0.1, -0.05) is 19.1 Å². The van der Waals surface area contributed by atoms with E-state index in [1.807, 2.05) is 39.0 Å². The number of aryl methyl sites for hydroxylation is 1. The summed E-state index contributed by atoms with van der Waals surface area (Å²) >= 11 is 0. The fourth-order valence-corrected chi connectivity index (χ4v) is 2.07. The number of nitrogens with one attached hydrogen (secondary N) is 1. The third-order valence-corrected chi connectivity index (χ3v) is 3.59. The van der Waals surface area contributed by atoms with Crippen LogP contribution in [0.3, 0.4) is 0 Å². The molecule has 2 rings (SSSR count). The Balaban J connectivity index is 2.41. The van der Waals surface area contributed by atoms with E-state index in [-0.39, 0.29) is 11.9 Å². The standard InChI is InChI=1S/C14H18N2O2/c1-4-14(3)9-15-13(18)16(12(14)17)11-7-5-6-10(2)8-11/h5-8H,4,9H2,1-3H3,(H,15,18). The first kappa shape index (κ1) is 12.6. The van der Waals surface area contributed by atoms with Gasteiger partial charge in [-0.15, -0.1) is 0 Å². The highest BCUT2D eigenvalue weighted by atomic mass is 16.2. The summed E-state index contributed by atoms with van der Waals surface area (Å²) in [5, 5.41) is 2.79. The number of rotatable bonds is 2. The predicted octanol–water partition coefficient (Wildman–Crippen LogP) is 2.47. The number of imide groups is 1.